The number of carboxylic acid groups (broad SMARTS) is 6. The number of imide groups is 2. The number of halogens is 7. The van der Waals surface area contributed by atoms with Crippen molar-refractivity contribution in [2.45, 2.75) is 245 Å². The number of aliphatic hydroxyl groups excluding tert-OH is 2. The van der Waals surface area contributed by atoms with E-state index in [0.29, 0.717) is 35.5 Å². The predicted octanol–water partition coefficient (Wildman–Crippen LogP) is 21.4. The summed E-state index contributed by atoms with van der Waals surface area (Å²) in [6, 6.07) is 10.1. The monoisotopic (exact) mass is 2370 g/mol. The van der Waals surface area contributed by atoms with E-state index in [0.717, 1.165) is 80.6 Å². The molecule has 2 saturated heterocycles. The van der Waals surface area contributed by atoms with E-state index in [1.165, 1.54) is 47.8 Å². The molecule has 2 fully saturated rings. The molecule has 0 radical (unpaired) electrons. The van der Waals surface area contributed by atoms with E-state index in [4.69, 9.17) is 69.6 Å². The second-order valence-electron chi connectivity index (χ2n) is 33.5. The summed E-state index contributed by atoms with van der Waals surface area (Å²) in [5, 5.41) is 85.1. The number of thioether (sulfide) groups is 2. The summed E-state index contributed by atoms with van der Waals surface area (Å²) in [5.41, 5.74) is 5.68. The minimum Gasteiger partial charge on any atom is -0.489 e. The van der Waals surface area contributed by atoms with Crippen LogP contribution in [0.15, 0.2) is 87.3 Å². The van der Waals surface area contributed by atoms with Gasteiger partial charge in [-0.3, -0.25) is 48.2 Å². The normalized spacial score (nSPS) is 14.1. The van der Waals surface area contributed by atoms with Crippen LogP contribution in [0.1, 0.15) is 221 Å². The zero-order valence-electron chi connectivity index (χ0n) is 82.3. The first-order valence-electron chi connectivity index (χ1n) is 41.3. The number of allylic oxidation sites excluding steroid dienone is 6. The fraction of sp³-hybridized carbons (Fsp3) is 0.581. The van der Waals surface area contributed by atoms with Gasteiger partial charge in [0, 0.05) is 13.1 Å². The Kier molecular flexibility index (Phi) is 83.7. The van der Waals surface area contributed by atoms with Gasteiger partial charge in [0.2, 0.25) is 0 Å². The lowest BCUT2D eigenvalue weighted by Gasteiger charge is -2.38. The van der Waals surface area contributed by atoms with Crippen LogP contribution >= 0.6 is 142 Å². The molecule has 2 aromatic rings. The highest BCUT2D eigenvalue weighted by molar-refractivity contribution is 8.93. The van der Waals surface area contributed by atoms with Crippen molar-refractivity contribution in [1.82, 2.24) is 9.80 Å². The summed E-state index contributed by atoms with van der Waals surface area (Å²) in [4.78, 5) is 144. The Morgan fingerprint density at radius 1 is 0.556 bits per heavy atom. The standard InChI is InChI=1S/C27H36O3.C11H18O4.C10H20O3.2C9H11NO4S.C8H16O3.C7H10O4.C6H8N2.C6H10O2.7BrH.H2/c1-17(2)12-14-28-25-20(5)21(6)26-23(22(25)7)11-13-27(8,30-26)16-29-24-10-9-18(3)15-19(24)4;1-5-14-10(12)9(7-8(3)4)11(13)15-6-2;1-6-13-9(12)10(4,5)8(11)7(2)3;2*1-5(2)3-6-8(13)10(4-7(11)12)9(14)15-6;1-5(2)6(9)8(3,4)7(10)11;1-4(2)3-5(6(8)9)7(10)11;1-5(2)6(3-7)4-8;1-5(2)3-4-6(7)8;;;;;;;;/h9-10,12,15H,11,13-14,16H2,1-8H3;7-8H,5-6H2,1-4H3;7-8,11H,6H2,1-5H3;2*3,5H,4H2,1-2H3,(H,11,12);5-6,9H,1-4H3,(H,10,11);3-4H,1-2H3,(H,8,9)(H,10,11);5-6H,1-2H3;3-5H,1-2H3,(H,7,8);8*1H/b;;;2*6-3-;;;;4-3+;;;;;;;;. The highest BCUT2D eigenvalue weighted by Crippen LogP contribution is 2.44. The van der Waals surface area contributed by atoms with E-state index in [9.17, 15) is 72.5 Å². The maximum atomic E-state index is 11.5. The molecule has 3 aliphatic rings. The van der Waals surface area contributed by atoms with Gasteiger partial charge < -0.3 is 69.3 Å². The lowest BCUT2D eigenvalue weighted by molar-refractivity contribution is -0.162. The lowest BCUT2D eigenvalue weighted by atomic mass is 9.81. The van der Waals surface area contributed by atoms with E-state index < -0.39 is 118 Å². The van der Waals surface area contributed by atoms with Gasteiger partial charge in [0.1, 0.15) is 66.2 Å². The number of amides is 4. The van der Waals surface area contributed by atoms with Crippen LogP contribution in [0.4, 0.5) is 9.59 Å². The molecule has 0 saturated carbocycles. The first kappa shape index (κ1) is 149. The Morgan fingerprint density at radius 2 is 0.955 bits per heavy atom. The van der Waals surface area contributed by atoms with Crippen LogP contribution in [0.5, 0.6) is 17.2 Å². The largest absolute Gasteiger partial charge is 0.489 e. The van der Waals surface area contributed by atoms with Crippen LogP contribution in [0.3, 0.4) is 0 Å². The summed E-state index contributed by atoms with van der Waals surface area (Å²) < 4.78 is 33.4. The highest BCUT2D eigenvalue weighted by atomic mass is 79.9. The van der Waals surface area contributed by atoms with Gasteiger partial charge in [-0.15, -0.1) is 119 Å². The Balaban J connectivity index is -0.000000128. The van der Waals surface area contributed by atoms with E-state index in [-0.39, 0.29) is 192 Å². The molecule has 133 heavy (non-hydrogen) atoms. The van der Waals surface area contributed by atoms with Crippen molar-refractivity contribution < 1.29 is 133 Å². The summed E-state index contributed by atoms with van der Waals surface area (Å²) >= 11 is 1.57. The molecular weight excluding hydrogens is 2230 g/mol. The molecule has 0 aliphatic carbocycles. The fourth-order valence-corrected chi connectivity index (χ4v) is 12.6. The molecule has 3 aliphatic heterocycles. The highest BCUT2D eigenvalue weighted by Gasteiger charge is 2.41. The van der Waals surface area contributed by atoms with Crippen LogP contribution in [-0.2, 0) is 73.4 Å². The first-order chi connectivity index (χ1) is 57.9. The number of carbonyl (C=O) groups excluding carboxylic acids is 7. The van der Waals surface area contributed by atoms with Gasteiger partial charge in [-0.2, -0.15) is 10.5 Å². The smallest absolute Gasteiger partial charge is 0.345 e. The van der Waals surface area contributed by atoms with Crippen molar-refractivity contribution in [2.75, 3.05) is 46.1 Å². The minimum atomic E-state index is -1.40. The number of carboxylic acids is 6. The van der Waals surface area contributed by atoms with Crippen molar-refractivity contribution in [1.29, 1.82) is 10.5 Å². The SMILES string of the molecule is Br.Br.Br.Br.Br.Br.Br.CC(C)/C=C/C(=O)O.CC(C)/C=C1\SC(=O)N(CC(=O)O)C1=O.CC(C)/C=C1\SC(=O)N(CC(=O)O)C1=O.CC(C)=CCOc1c(C)c(C)c2c(c1C)CCC(C)(COc1ccc(C)cc1C)O2.CC(C)C(C#N)C#N.CC(C)C(O)C(C)(C)C(=O)O.CC(C)C=C(C(=O)O)C(=O)O.CCOC(=O)C(=CC(C)C)C(=O)OCC.CCOC(=O)C(C)(C)C(O)C(C)C.[HH]. The number of aryl methyl sites for hydroxylation is 2. The van der Waals surface area contributed by atoms with Gasteiger partial charge in [-0.25, -0.2) is 24.0 Å². The van der Waals surface area contributed by atoms with Crippen LogP contribution in [0.25, 0.3) is 0 Å². The number of hydrogen-bond acceptors (Lipinski definition) is 25. The van der Waals surface area contributed by atoms with Crippen LogP contribution in [0, 0.1) is 121 Å². The van der Waals surface area contributed by atoms with Gasteiger partial charge in [-0.05, 0) is 222 Å². The molecule has 3 unspecified atom stereocenters. The number of hydrogen-bond donors (Lipinski definition) is 8. The third-order valence-electron chi connectivity index (χ3n) is 17.6. The first-order valence-corrected chi connectivity index (χ1v) is 43.0. The molecule has 0 aromatic heterocycles. The average molecular weight is 2380 g/mol. The predicted molar refractivity (Wildman–Crippen MR) is 558 cm³/mol. The molecule has 764 valence electrons. The van der Waals surface area contributed by atoms with Crippen molar-refractivity contribution >= 4 is 218 Å². The van der Waals surface area contributed by atoms with Crippen molar-refractivity contribution in [3.63, 3.8) is 0 Å². The minimum absolute atomic E-state index is 0. The third kappa shape index (κ3) is 58.8. The Bertz CT molecular complexity index is 4200. The molecule has 0 bridgehead atoms. The van der Waals surface area contributed by atoms with Crippen molar-refractivity contribution in [3.8, 4) is 29.4 Å². The number of ether oxygens (including phenoxy) is 6. The van der Waals surface area contributed by atoms with E-state index >= 15 is 0 Å². The van der Waals surface area contributed by atoms with E-state index in [2.05, 4.69) is 79.7 Å². The molecule has 2 aromatic carbocycles. The van der Waals surface area contributed by atoms with Gasteiger partial charge in [0.15, 0.2) is 0 Å². The fourth-order valence-electron chi connectivity index (χ4n) is 10.6. The number of aliphatic hydroxyl groups is 2. The summed E-state index contributed by atoms with van der Waals surface area (Å²) in [6.07, 6.45) is 11.4. The summed E-state index contributed by atoms with van der Waals surface area (Å²) in [5.74, 6) is -6.28. The number of benzene rings is 2. The van der Waals surface area contributed by atoms with Crippen LogP contribution < -0.4 is 14.2 Å². The Labute approximate surface area is 870 Å². The number of carbonyl (C=O) groups is 13. The summed E-state index contributed by atoms with van der Waals surface area (Å²) in [6.45, 7) is 59.0. The lowest BCUT2D eigenvalue weighted by Crippen LogP contribution is -2.42. The molecule has 3 heterocycles. The molecule has 31 nitrogen and oxygen atoms in total. The molecule has 5 rings (SSSR count). The molecule has 8 N–H and O–H groups in total. The zero-order valence-corrected chi connectivity index (χ0v) is 95.9. The maximum absolute atomic E-state index is 11.5. The zero-order chi connectivity index (χ0) is 99.1. The number of nitrogens with zero attached hydrogens (tertiary/aromatic N) is 4. The number of nitriles is 2. The molecule has 0 spiro atoms. The molecular formula is C93H149Br7N4O27S2. The average Bonchev–Trinajstić information content (AvgIpc) is 1.01. The van der Waals surface area contributed by atoms with Crippen LogP contribution in [0.2, 0.25) is 0 Å². The Hall–Kier alpha value is -7.25. The van der Waals surface area contributed by atoms with E-state index in [1.807, 2.05) is 95.2 Å². The summed E-state index contributed by atoms with van der Waals surface area (Å²) in [7, 11) is 0. The van der Waals surface area contributed by atoms with Gasteiger partial charge >= 0.3 is 53.7 Å². The topological polar surface area (TPSA) is 493 Å². The molecule has 40 heteroatoms. The Morgan fingerprint density at radius 3 is 1.24 bits per heavy atom. The second-order valence-corrected chi connectivity index (χ2v) is 35.5. The quantitative estimate of drug-likeness (QED) is 0.00899. The van der Waals surface area contributed by atoms with Gasteiger partial charge in [0.25, 0.3) is 22.3 Å². The van der Waals surface area contributed by atoms with E-state index in [1.54, 1.807) is 86.6 Å². The van der Waals surface area contributed by atoms with Crippen molar-refractivity contribution in [3.05, 3.63) is 121 Å². The molecule has 3 atom stereocenters. The molecule has 4 amide bonds. The number of rotatable bonds is 30. The number of aliphatic carboxylic acids is 6. The number of esters is 3. The van der Waals surface area contributed by atoms with Crippen molar-refractivity contribution in [2.24, 2.45) is 64.1 Å². The van der Waals surface area contributed by atoms with Gasteiger partial charge in [0.05, 0.1) is 64.8 Å². The third-order valence-corrected chi connectivity index (χ3v) is 19.4. The number of fused-ring (bicyclic) bond motifs is 1. The van der Waals surface area contributed by atoms with Crippen LogP contribution in [-0.4, -0.2) is 191 Å². The maximum Gasteiger partial charge on any atom is 0.345 e. The second kappa shape index (κ2) is 74.9. The van der Waals surface area contributed by atoms with Gasteiger partial charge in [-0.1, -0.05) is 164 Å².